The Labute approximate surface area is 268 Å². The van der Waals surface area contributed by atoms with Crippen molar-refractivity contribution >= 4 is 11.9 Å². The molecule has 1 amide bonds. The molecule has 2 unspecified atom stereocenters. The van der Waals surface area contributed by atoms with E-state index in [0.717, 1.165) is 32.1 Å². The SMILES string of the molecule is CCCCCCCCCCCCCCCCCCOC(=O)C(NC(=O)CCCCCCCCCCCCCCC)C(C)O. The number of aliphatic hydroxyl groups is 1. The van der Waals surface area contributed by atoms with Crippen molar-refractivity contribution in [3.05, 3.63) is 0 Å². The number of carbonyl (C=O) groups excluding carboxylic acids is 2. The number of rotatable bonds is 34. The summed E-state index contributed by atoms with van der Waals surface area (Å²) >= 11 is 0. The number of ether oxygens (including phenoxy) is 1. The van der Waals surface area contributed by atoms with Crippen molar-refractivity contribution in [1.82, 2.24) is 5.32 Å². The summed E-state index contributed by atoms with van der Waals surface area (Å²) in [5, 5.41) is 12.7. The van der Waals surface area contributed by atoms with Crippen LogP contribution in [0.3, 0.4) is 0 Å². The molecule has 2 N–H and O–H groups in total. The first kappa shape index (κ1) is 41.9. The largest absolute Gasteiger partial charge is 0.464 e. The summed E-state index contributed by atoms with van der Waals surface area (Å²) in [7, 11) is 0. The summed E-state index contributed by atoms with van der Waals surface area (Å²) in [5.41, 5.74) is 0. The Morgan fingerprint density at radius 2 is 0.814 bits per heavy atom. The topological polar surface area (TPSA) is 75.6 Å². The van der Waals surface area contributed by atoms with E-state index >= 15 is 0 Å². The number of amides is 1. The predicted molar refractivity (Wildman–Crippen MR) is 184 cm³/mol. The van der Waals surface area contributed by atoms with E-state index in [1.54, 1.807) is 0 Å². The smallest absolute Gasteiger partial charge is 0.331 e. The number of aliphatic hydroxyl groups excluding tert-OH is 1. The van der Waals surface area contributed by atoms with Crippen LogP contribution < -0.4 is 5.32 Å². The second-order valence-electron chi connectivity index (χ2n) is 13.2. The molecular formula is C38H75NO4. The number of esters is 1. The van der Waals surface area contributed by atoms with Crippen LogP contribution in [-0.4, -0.2) is 35.7 Å². The van der Waals surface area contributed by atoms with Crippen LogP contribution in [-0.2, 0) is 14.3 Å². The maximum Gasteiger partial charge on any atom is 0.331 e. The van der Waals surface area contributed by atoms with E-state index in [9.17, 15) is 14.7 Å². The summed E-state index contributed by atoms with van der Waals surface area (Å²) in [5.74, 6) is -0.692. The summed E-state index contributed by atoms with van der Waals surface area (Å²) in [6.45, 7) is 6.43. The lowest BCUT2D eigenvalue weighted by atomic mass is 10.0. The van der Waals surface area contributed by atoms with E-state index in [1.807, 2.05) is 0 Å². The van der Waals surface area contributed by atoms with Crippen LogP contribution >= 0.6 is 0 Å². The minimum absolute atomic E-state index is 0.173. The molecule has 0 radical (unpaired) electrons. The number of unbranched alkanes of at least 4 members (excludes halogenated alkanes) is 27. The van der Waals surface area contributed by atoms with Crippen molar-refractivity contribution in [2.75, 3.05) is 6.61 Å². The monoisotopic (exact) mass is 610 g/mol. The molecule has 43 heavy (non-hydrogen) atoms. The fourth-order valence-corrected chi connectivity index (χ4v) is 5.84. The molecule has 0 aliphatic carbocycles. The third-order valence-corrected chi connectivity index (χ3v) is 8.80. The average molecular weight is 610 g/mol. The molecule has 0 heterocycles. The number of hydrogen-bond donors (Lipinski definition) is 2. The van der Waals surface area contributed by atoms with Crippen molar-refractivity contribution in [2.45, 2.75) is 226 Å². The van der Waals surface area contributed by atoms with Crippen molar-refractivity contribution < 1.29 is 19.4 Å². The predicted octanol–water partition coefficient (Wildman–Crippen LogP) is 11.1. The van der Waals surface area contributed by atoms with Gasteiger partial charge in [-0.2, -0.15) is 0 Å². The molecule has 0 aliphatic heterocycles. The summed E-state index contributed by atoms with van der Waals surface area (Å²) in [6, 6.07) is -0.976. The fraction of sp³-hybridized carbons (Fsp3) is 0.947. The Bertz CT molecular complexity index is 594. The Morgan fingerprint density at radius 1 is 0.512 bits per heavy atom. The van der Waals surface area contributed by atoms with Gasteiger partial charge in [-0.3, -0.25) is 4.79 Å². The van der Waals surface area contributed by atoms with E-state index in [2.05, 4.69) is 19.2 Å². The van der Waals surface area contributed by atoms with Crippen LogP contribution in [0.4, 0.5) is 0 Å². The van der Waals surface area contributed by atoms with Crippen LogP contribution in [0.25, 0.3) is 0 Å². The minimum atomic E-state index is -0.976. The molecule has 0 aromatic heterocycles. The lowest BCUT2D eigenvalue weighted by Gasteiger charge is -2.20. The molecular weight excluding hydrogens is 534 g/mol. The number of carbonyl (C=O) groups is 2. The van der Waals surface area contributed by atoms with Gasteiger partial charge in [-0.1, -0.05) is 187 Å². The van der Waals surface area contributed by atoms with E-state index in [0.29, 0.717) is 13.0 Å². The summed E-state index contributed by atoms with van der Waals surface area (Å²) in [6.07, 6.45) is 36.8. The van der Waals surface area contributed by atoms with Crippen LogP contribution in [0.1, 0.15) is 213 Å². The maximum atomic E-state index is 12.5. The zero-order valence-electron chi connectivity index (χ0n) is 29.2. The van der Waals surface area contributed by atoms with Gasteiger partial charge in [0.05, 0.1) is 12.7 Å². The molecule has 0 bridgehead atoms. The second-order valence-corrected chi connectivity index (χ2v) is 13.2. The van der Waals surface area contributed by atoms with Crippen LogP contribution in [0.15, 0.2) is 0 Å². The van der Waals surface area contributed by atoms with Gasteiger partial charge in [0.25, 0.3) is 0 Å². The molecule has 0 fully saturated rings. The summed E-state index contributed by atoms with van der Waals surface area (Å²) in [4.78, 5) is 24.8. The van der Waals surface area contributed by atoms with Crippen LogP contribution in [0.5, 0.6) is 0 Å². The third-order valence-electron chi connectivity index (χ3n) is 8.80. The van der Waals surface area contributed by atoms with Crippen LogP contribution in [0.2, 0.25) is 0 Å². The van der Waals surface area contributed by atoms with Gasteiger partial charge in [0.2, 0.25) is 5.91 Å². The Balaban J connectivity index is 3.63. The zero-order valence-corrected chi connectivity index (χ0v) is 29.2. The first-order valence-corrected chi connectivity index (χ1v) is 19.2. The average Bonchev–Trinajstić information content (AvgIpc) is 2.99. The molecule has 5 heteroatoms. The first-order valence-electron chi connectivity index (χ1n) is 19.2. The molecule has 0 saturated heterocycles. The van der Waals surface area contributed by atoms with E-state index in [1.165, 1.54) is 161 Å². The zero-order chi connectivity index (χ0) is 31.6. The van der Waals surface area contributed by atoms with Crippen molar-refractivity contribution in [3.8, 4) is 0 Å². The fourth-order valence-electron chi connectivity index (χ4n) is 5.84. The van der Waals surface area contributed by atoms with Crippen molar-refractivity contribution in [3.63, 3.8) is 0 Å². The molecule has 0 aromatic rings. The molecule has 2 atom stereocenters. The molecule has 0 aromatic carbocycles. The molecule has 256 valence electrons. The number of nitrogens with one attached hydrogen (secondary N) is 1. The van der Waals surface area contributed by atoms with Gasteiger partial charge in [-0.15, -0.1) is 0 Å². The third kappa shape index (κ3) is 30.7. The highest BCUT2D eigenvalue weighted by Crippen LogP contribution is 2.15. The van der Waals surface area contributed by atoms with Gasteiger partial charge < -0.3 is 15.2 Å². The normalized spacial score (nSPS) is 12.7. The highest BCUT2D eigenvalue weighted by Gasteiger charge is 2.26. The Hall–Kier alpha value is -1.10. The quantitative estimate of drug-likeness (QED) is 0.0562. The maximum absolute atomic E-state index is 12.5. The van der Waals surface area contributed by atoms with Crippen molar-refractivity contribution in [2.24, 2.45) is 0 Å². The standard InChI is InChI=1S/C38H75NO4/c1-4-6-8-10-12-14-16-18-19-20-22-24-26-28-30-32-34-43-38(42)37(35(3)40)39-36(41)33-31-29-27-25-23-21-17-15-13-11-9-7-5-2/h35,37,40H,4-34H2,1-3H3,(H,39,41). The lowest BCUT2D eigenvalue weighted by Crippen LogP contribution is -2.48. The molecule has 0 aliphatic rings. The Kier molecular flexibility index (Phi) is 32.9. The van der Waals surface area contributed by atoms with Gasteiger partial charge in [0, 0.05) is 6.42 Å². The highest BCUT2D eigenvalue weighted by atomic mass is 16.5. The van der Waals surface area contributed by atoms with Gasteiger partial charge >= 0.3 is 5.97 Å². The number of hydrogen-bond acceptors (Lipinski definition) is 4. The van der Waals surface area contributed by atoms with E-state index < -0.39 is 18.1 Å². The van der Waals surface area contributed by atoms with Gasteiger partial charge in [0.1, 0.15) is 0 Å². The van der Waals surface area contributed by atoms with Crippen molar-refractivity contribution in [1.29, 1.82) is 0 Å². The van der Waals surface area contributed by atoms with Gasteiger partial charge in [0.15, 0.2) is 6.04 Å². The van der Waals surface area contributed by atoms with Gasteiger partial charge in [-0.25, -0.2) is 4.79 Å². The van der Waals surface area contributed by atoms with Gasteiger partial charge in [-0.05, 0) is 19.8 Å². The lowest BCUT2D eigenvalue weighted by molar-refractivity contribution is -0.151. The molecule has 0 rings (SSSR count). The summed E-state index contributed by atoms with van der Waals surface area (Å²) < 4.78 is 5.39. The minimum Gasteiger partial charge on any atom is -0.464 e. The highest BCUT2D eigenvalue weighted by molar-refractivity contribution is 5.84. The second kappa shape index (κ2) is 33.8. The molecule has 5 nitrogen and oxygen atoms in total. The first-order chi connectivity index (χ1) is 21.0. The molecule has 0 spiro atoms. The van der Waals surface area contributed by atoms with E-state index in [-0.39, 0.29) is 5.91 Å². The van der Waals surface area contributed by atoms with E-state index in [4.69, 9.17) is 4.74 Å². The Morgan fingerprint density at radius 3 is 1.14 bits per heavy atom. The molecule has 0 saturated carbocycles. The van der Waals surface area contributed by atoms with Crippen LogP contribution in [0, 0.1) is 0 Å².